The summed E-state index contributed by atoms with van der Waals surface area (Å²) in [6, 6.07) is 0. The van der Waals surface area contributed by atoms with Gasteiger partial charge >= 0.3 is 0 Å². The average molecular weight is 169 g/mol. The van der Waals surface area contributed by atoms with Crippen LogP contribution in [0.5, 0.6) is 0 Å². The molecule has 0 aliphatic heterocycles. The van der Waals surface area contributed by atoms with E-state index in [1.165, 1.54) is 0 Å². The van der Waals surface area contributed by atoms with Crippen LogP contribution < -0.4 is 0 Å². The summed E-state index contributed by atoms with van der Waals surface area (Å²) in [5.41, 5.74) is 2.99. The molecule has 0 aromatic rings. The van der Waals surface area contributed by atoms with Crippen LogP contribution in [0.2, 0.25) is 0 Å². The molecule has 0 saturated carbocycles. The fourth-order valence-corrected chi connectivity index (χ4v) is 1.17. The van der Waals surface area contributed by atoms with Crippen molar-refractivity contribution in [3.05, 3.63) is 23.9 Å². The lowest BCUT2D eigenvalue weighted by molar-refractivity contribution is 0.161. The van der Waals surface area contributed by atoms with Crippen LogP contribution >= 0.6 is 0 Å². The number of allylic oxidation sites excluding steroid dienone is 1. The Morgan fingerprint density at radius 3 is 2.45 bits per heavy atom. The van der Waals surface area contributed by atoms with Crippen molar-refractivity contribution in [1.29, 1.82) is 0 Å². The number of hydrogen-bond donors (Lipinski definition) is 0. The fourth-order valence-electron chi connectivity index (χ4n) is 0.389. The van der Waals surface area contributed by atoms with E-state index in [9.17, 15) is 0 Å². The van der Waals surface area contributed by atoms with Crippen LogP contribution in [0.3, 0.4) is 0 Å². The van der Waals surface area contributed by atoms with Crippen molar-refractivity contribution in [1.82, 2.24) is 0 Å². The van der Waals surface area contributed by atoms with Crippen LogP contribution in [0.25, 0.3) is 0 Å². The van der Waals surface area contributed by atoms with Crippen LogP contribution in [0, 0.1) is 0 Å². The first kappa shape index (κ1) is 10.7. The normalized spacial score (nSPS) is 12.4. The van der Waals surface area contributed by atoms with Crippen molar-refractivity contribution >= 4 is 9.76 Å². The first-order valence-corrected chi connectivity index (χ1v) is 4.93. The number of rotatable bonds is 4. The molecule has 0 aromatic heterocycles. The van der Waals surface area contributed by atoms with Gasteiger partial charge in [-0.2, -0.15) is 0 Å². The molecule has 1 radical (unpaired) electrons. The quantitative estimate of drug-likeness (QED) is 0.463. The lowest BCUT2D eigenvalue weighted by Gasteiger charge is -2.25. The maximum Gasteiger partial charge on any atom is 0.221 e. The standard InChI is InChI=1S/C9H17OSi/c1-6-7-11-10-9(4,5)8(2)3/h6-7,11H,2H2,1,3-5H3/b7-6-. The van der Waals surface area contributed by atoms with Gasteiger partial charge in [0.25, 0.3) is 0 Å². The highest BCUT2D eigenvalue weighted by molar-refractivity contribution is 6.34. The SMILES string of the molecule is C=C(C)C(C)(C)O[SiH]/C=C\C. The molecular weight excluding hydrogens is 152 g/mol. The van der Waals surface area contributed by atoms with Gasteiger partial charge in [-0.15, -0.1) is 0 Å². The van der Waals surface area contributed by atoms with E-state index in [1.54, 1.807) is 0 Å². The zero-order valence-corrected chi connectivity index (χ0v) is 9.00. The van der Waals surface area contributed by atoms with Gasteiger partial charge in [0, 0.05) is 0 Å². The molecule has 0 saturated heterocycles. The van der Waals surface area contributed by atoms with E-state index >= 15 is 0 Å². The maximum absolute atomic E-state index is 5.63. The molecule has 11 heavy (non-hydrogen) atoms. The highest BCUT2D eigenvalue weighted by Crippen LogP contribution is 2.17. The van der Waals surface area contributed by atoms with Crippen molar-refractivity contribution in [2.24, 2.45) is 0 Å². The average Bonchev–Trinajstić information content (AvgIpc) is 1.88. The van der Waals surface area contributed by atoms with Gasteiger partial charge in [-0.1, -0.05) is 23.9 Å². The van der Waals surface area contributed by atoms with Crippen LogP contribution in [0.15, 0.2) is 23.9 Å². The summed E-state index contributed by atoms with van der Waals surface area (Å²) in [6.07, 6.45) is 2.02. The molecule has 0 rings (SSSR count). The minimum atomic E-state index is -0.158. The smallest absolute Gasteiger partial charge is 0.221 e. The predicted octanol–water partition coefficient (Wildman–Crippen LogP) is 2.24. The molecular formula is C9H17OSi. The predicted molar refractivity (Wildman–Crippen MR) is 51.9 cm³/mol. The Balaban J connectivity index is 3.82. The highest BCUT2D eigenvalue weighted by Gasteiger charge is 2.17. The molecule has 0 aliphatic carbocycles. The van der Waals surface area contributed by atoms with E-state index in [0.717, 1.165) is 5.57 Å². The molecule has 2 heteroatoms. The molecule has 0 atom stereocenters. The third-order valence-electron chi connectivity index (χ3n) is 1.66. The molecule has 1 nitrogen and oxygen atoms in total. The van der Waals surface area contributed by atoms with Crippen LogP contribution in [0.4, 0.5) is 0 Å². The minimum absolute atomic E-state index is 0.0210. The first-order valence-electron chi connectivity index (χ1n) is 3.79. The van der Waals surface area contributed by atoms with Gasteiger partial charge in [-0.05, 0) is 27.7 Å². The zero-order valence-electron chi connectivity index (χ0n) is 7.85. The lowest BCUT2D eigenvalue weighted by Crippen LogP contribution is -2.26. The summed E-state index contributed by atoms with van der Waals surface area (Å²) in [7, 11) is -0.0210. The van der Waals surface area contributed by atoms with Gasteiger partial charge in [-0.3, -0.25) is 0 Å². The lowest BCUT2D eigenvalue weighted by atomic mass is 10.0. The molecule has 0 N–H and O–H groups in total. The molecule has 0 aromatic carbocycles. The summed E-state index contributed by atoms with van der Waals surface area (Å²) in [5, 5.41) is 0. The second-order valence-corrected chi connectivity index (χ2v) is 3.96. The second kappa shape index (κ2) is 4.52. The van der Waals surface area contributed by atoms with E-state index in [2.05, 4.69) is 12.3 Å². The third kappa shape index (κ3) is 4.17. The largest absolute Gasteiger partial charge is 0.407 e. The van der Waals surface area contributed by atoms with E-state index in [4.69, 9.17) is 4.43 Å². The molecule has 0 fully saturated rings. The highest BCUT2D eigenvalue weighted by atomic mass is 28.2. The van der Waals surface area contributed by atoms with Gasteiger partial charge in [0.05, 0.1) is 5.60 Å². The third-order valence-corrected chi connectivity index (χ3v) is 2.93. The van der Waals surface area contributed by atoms with Crippen LogP contribution in [-0.4, -0.2) is 15.4 Å². The summed E-state index contributed by atoms with van der Waals surface area (Å²) in [4.78, 5) is 0. The molecule has 0 amide bonds. The van der Waals surface area contributed by atoms with Crippen LogP contribution in [0.1, 0.15) is 27.7 Å². The van der Waals surface area contributed by atoms with E-state index in [-0.39, 0.29) is 15.4 Å². The second-order valence-electron chi connectivity index (χ2n) is 3.07. The summed E-state index contributed by atoms with van der Waals surface area (Å²) >= 11 is 0. The molecule has 0 heterocycles. The van der Waals surface area contributed by atoms with Gasteiger partial charge in [0.1, 0.15) is 0 Å². The first-order chi connectivity index (χ1) is 5.00. The van der Waals surface area contributed by atoms with Crippen LogP contribution in [-0.2, 0) is 4.43 Å². The topological polar surface area (TPSA) is 9.23 Å². The Morgan fingerprint density at radius 1 is 1.55 bits per heavy atom. The van der Waals surface area contributed by atoms with E-state index < -0.39 is 0 Å². The van der Waals surface area contributed by atoms with Gasteiger partial charge in [0.15, 0.2) is 0 Å². The fraction of sp³-hybridized carbons (Fsp3) is 0.556. The van der Waals surface area contributed by atoms with E-state index in [0.29, 0.717) is 0 Å². The molecule has 63 valence electrons. The maximum atomic E-state index is 5.63. The monoisotopic (exact) mass is 169 g/mol. The summed E-state index contributed by atoms with van der Waals surface area (Å²) in [6.45, 7) is 12.0. The Hall–Kier alpha value is -0.343. The van der Waals surface area contributed by atoms with Gasteiger partial charge in [-0.25, -0.2) is 0 Å². The van der Waals surface area contributed by atoms with Crippen molar-refractivity contribution in [3.63, 3.8) is 0 Å². The molecule has 0 aliphatic rings. The molecule has 0 bridgehead atoms. The Kier molecular flexibility index (Phi) is 4.38. The minimum Gasteiger partial charge on any atom is -0.407 e. The van der Waals surface area contributed by atoms with Crippen molar-refractivity contribution < 1.29 is 4.43 Å². The molecule has 0 spiro atoms. The van der Waals surface area contributed by atoms with Crippen molar-refractivity contribution in [2.45, 2.75) is 33.3 Å². The van der Waals surface area contributed by atoms with E-state index in [1.807, 2.05) is 33.8 Å². The van der Waals surface area contributed by atoms with Crippen molar-refractivity contribution in [3.8, 4) is 0 Å². The Morgan fingerprint density at radius 2 is 2.09 bits per heavy atom. The molecule has 0 unspecified atom stereocenters. The summed E-state index contributed by atoms with van der Waals surface area (Å²) < 4.78 is 5.63. The Bertz CT molecular complexity index is 159. The zero-order chi connectivity index (χ0) is 8.91. The van der Waals surface area contributed by atoms with Crippen molar-refractivity contribution in [2.75, 3.05) is 0 Å². The van der Waals surface area contributed by atoms with Gasteiger partial charge < -0.3 is 4.43 Å². The summed E-state index contributed by atoms with van der Waals surface area (Å²) in [5.74, 6) is 0. The number of hydrogen-bond acceptors (Lipinski definition) is 1. The van der Waals surface area contributed by atoms with Gasteiger partial charge in [0.2, 0.25) is 9.76 Å². The Labute approximate surface area is 72.1 Å².